The quantitative estimate of drug-likeness (QED) is 0.444. The lowest BCUT2D eigenvalue weighted by atomic mass is 10.2. The second-order valence-corrected chi connectivity index (χ2v) is 9.07. The summed E-state index contributed by atoms with van der Waals surface area (Å²) < 4.78 is 5.94. The first-order valence-electron chi connectivity index (χ1n) is 10.4. The van der Waals surface area contributed by atoms with Gasteiger partial charge in [0.2, 0.25) is 5.89 Å². The molecule has 0 N–H and O–H groups in total. The summed E-state index contributed by atoms with van der Waals surface area (Å²) in [6.45, 7) is 4.22. The van der Waals surface area contributed by atoms with E-state index < -0.39 is 0 Å². The van der Waals surface area contributed by atoms with Gasteiger partial charge in [-0.1, -0.05) is 29.8 Å². The van der Waals surface area contributed by atoms with Gasteiger partial charge in [-0.25, -0.2) is 4.98 Å². The number of benzene rings is 2. The van der Waals surface area contributed by atoms with Crippen LogP contribution in [0.1, 0.15) is 12.0 Å². The van der Waals surface area contributed by atoms with Crippen molar-refractivity contribution in [1.29, 1.82) is 0 Å². The van der Waals surface area contributed by atoms with Crippen LogP contribution in [0.25, 0.3) is 33.6 Å². The third-order valence-corrected chi connectivity index (χ3v) is 6.71. The van der Waals surface area contributed by atoms with Gasteiger partial charge in [-0.05, 0) is 51.7 Å². The molecule has 1 aliphatic heterocycles. The van der Waals surface area contributed by atoms with Crippen LogP contribution in [0.5, 0.6) is 0 Å². The number of anilines is 1. The maximum atomic E-state index is 5.94. The van der Waals surface area contributed by atoms with E-state index in [0.29, 0.717) is 23.5 Å². The molecule has 1 atom stereocenters. The molecule has 0 saturated carbocycles. The number of rotatable bonds is 5. The molecule has 1 saturated heterocycles. The maximum Gasteiger partial charge on any atom is 0.267 e. The maximum absolute atomic E-state index is 5.94. The Morgan fingerprint density at radius 1 is 0.968 bits per heavy atom. The van der Waals surface area contributed by atoms with Crippen LogP contribution >= 0.6 is 11.3 Å². The Bertz CT molecular complexity index is 1160. The normalized spacial score (nSPS) is 16.4. The third kappa shape index (κ3) is 4.11. The minimum Gasteiger partial charge on any atom is -0.415 e. The highest BCUT2D eigenvalue weighted by atomic mass is 32.1. The standard InChI is InChI=1S/C24H25N5OS/c1-16-4-6-18(7-5-16)24-25-21(15-31-24)23-27-26-22(30-23)17-8-10-19(11-9-17)29-13-12-20(14-29)28(2)3/h4-11,15,20H,12-14H2,1-3H3. The number of aryl methyl sites for hydroxylation is 1. The number of likely N-dealkylation sites (N-methyl/N-ethyl adjacent to an activating group) is 1. The van der Waals surface area contributed by atoms with E-state index in [1.165, 1.54) is 17.7 Å². The van der Waals surface area contributed by atoms with Crippen LogP contribution in [0.15, 0.2) is 58.3 Å². The topological polar surface area (TPSA) is 58.3 Å². The largest absolute Gasteiger partial charge is 0.415 e. The lowest BCUT2D eigenvalue weighted by molar-refractivity contribution is 0.315. The van der Waals surface area contributed by atoms with Crippen molar-refractivity contribution < 1.29 is 4.42 Å². The Hall–Kier alpha value is -3.03. The molecule has 1 fully saturated rings. The molecule has 0 radical (unpaired) electrons. The van der Waals surface area contributed by atoms with E-state index in [4.69, 9.17) is 4.42 Å². The number of nitrogens with zero attached hydrogens (tertiary/aromatic N) is 5. The fraction of sp³-hybridized carbons (Fsp3) is 0.292. The number of hydrogen-bond acceptors (Lipinski definition) is 7. The van der Waals surface area contributed by atoms with Gasteiger partial charge in [0.25, 0.3) is 5.89 Å². The molecule has 0 amide bonds. The van der Waals surface area contributed by atoms with Gasteiger partial charge in [-0.2, -0.15) is 0 Å². The summed E-state index contributed by atoms with van der Waals surface area (Å²) in [6.07, 6.45) is 1.19. The monoisotopic (exact) mass is 431 g/mol. The van der Waals surface area contributed by atoms with Crippen LogP contribution in [0.3, 0.4) is 0 Å². The van der Waals surface area contributed by atoms with Crippen LogP contribution < -0.4 is 4.90 Å². The molecular weight excluding hydrogens is 406 g/mol. The summed E-state index contributed by atoms with van der Waals surface area (Å²) in [5.41, 5.74) is 5.18. The highest BCUT2D eigenvalue weighted by Crippen LogP contribution is 2.31. The summed E-state index contributed by atoms with van der Waals surface area (Å²) in [4.78, 5) is 9.42. The van der Waals surface area contributed by atoms with E-state index in [1.54, 1.807) is 11.3 Å². The highest BCUT2D eigenvalue weighted by Gasteiger charge is 2.24. The first-order chi connectivity index (χ1) is 15.1. The summed E-state index contributed by atoms with van der Waals surface area (Å²) in [7, 11) is 4.30. The molecule has 0 aliphatic carbocycles. The van der Waals surface area contributed by atoms with Crippen molar-refractivity contribution >= 4 is 17.0 Å². The first kappa shape index (κ1) is 19.9. The van der Waals surface area contributed by atoms with E-state index in [-0.39, 0.29) is 0 Å². The predicted molar refractivity (Wildman–Crippen MR) is 125 cm³/mol. The molecule has 2 aromatic carbocycles. The lowest BCUT2D eigenvalue weighted by Crippen LogP contribution is -2.31. The first-order valence-corrected chi connectivity index (χ1v) is 11.3. The smallest absolute Gasteiger partial charge is 0.267 e. The van der Waals surface area contributed by atoms with Gasteiger partial charge in [0, 0.05) is 41.3 Å². The highest BCUT2D eigenvalue weighted by molar-refractivity contribution is 7.13. The Morgan fingerprint density at radius 3 is 2.39 bits per heavy atom. The average Bonchev–Trinajstić information content (AvgIpc) is 3.54. The number of thiazole rings is 1. The summed E-state index contributed by atoms with van der Waals surface area (Å²) >= 11 is 1.58. The van der Waals surface area contributed by atoms with Gasteiger partial charge < -0.3 is 14.2 Å². The van der Waals surface area contributed by atoms with Crippen molar-refractivity contribution in [3.8, 4) is 33.6 Å². The zero-order valence-electron chi connectivity index (χ0n) is 17.9. The molecule has 4 aromatic rings. The predicted octanol–water partition coefficient (Wildman–Crippen LogP) is 4.98. The van der Waals surface area contributed by atoms with Crippen LogP contribution in [-0.4, -0.2) is 53.3 Å². The molecule has 0 spiro atoms. The number of hydrogen-bond donors (Lipinski definition) is 0. The second-order valence-electron chi connectivity index (χ2n) is 8.22. The van der Waals surface area contributed by atoms with Crippen LogP contribution in [0.2, 0.25) is 0 Å². The number of aromatic nitrogens is 3. The van der Waals surface area contributed by atoms with Gasteiger partial charge in [-0.15, -0.1) is 21.5 Å². The molecule has 31 heavy (non-hydrogen) atoms. The Labute approximate surface area is 186 Å². The molecule has 2 aromatic heterocycles. The molecular formula is C24H25N5OS. The van der Waals surface area contributed by atoms with Crippen LogP contribution in [-0.2, 0) is 0 Å². The molecule has 0 bridgehead atoms. The zero-order chi connectivity index (χ0) is 21.4. The van der Waals surface area contributed by atoms with Crippen LogP contribution in [0, 0.1) is 6.92 Å². The van der Waals surface area contributed by atoms with Crippen molar-refractivity contribution in [3.63, 3.8) is 0 Å². The van der Waals surface area contributed by atoms with Gasteiger partial charge >= 0.3 is 0 Å². The zero-order valence-corrected chi connectivity index (χ0v) is 18.8. The van der Waals surface area contributed by atoms with Crippen molar-refractivity contribution in [2.75, 3.05) is 32.1 Å². The van der Waals surface area contributed by atoms with E-state index in [0.717, 1.165) is 29.2 Å². The van der Waals surface area contributed by atoms with Crippen molar-refractivity contribution in [1.82, 2.24) is 20.1 Å². The average molecular weight is 432 g/mol. The fourth-order valence-corrected chi connectivity index (χ4v) is 4.66. The Morgan fingerprint density at radius 2 is 1.68 bits per heavy atom. The molecule has 3 heterocycles. The fourth-order valence-electron chi connectivity index (χ4n) is 3.86. The van der Waals surface area contributed by atoms with Gasteiger partial charge in [0.15, 0.2) is 0 Å². The SMILES string of the molecule is Cc1ccc(-c2nc(-c3nnc(-c4ccc(N5CCC(N(C)C)C5)cc4)o3)cs2)cc1. The molecule has 6 nitrogen and oxygen atoms in total. The molecule has 1 aliphatic rings. The van der Waals surface area contributed by atoms with Crippen molar-refractivity contribution in [3.05, 3.63) is 59.5 Å². The third-order valence-electron chi connectivity index (χ3n) is 5.82. The van der Waals surface area contributed by atoms with E-state index in [1.807, 2.05) is 17.5 Å². The Kier molecular flexibility index (Phi) is 5.29. The van der Waals surface area contributed by atoms with Gasteiger partial charge in [0.05, 0.1) is 0 Å². The van der Waals surface area contributed by atoms with Crippen molar-refractivity contribution in [2.24, 2.45) is 0 Å². The molecule has 7 heteroatoms. The van der Waals surface area contributed by atoms with Crippen molar-refractivity contribution in [2.45, 2.75) is 19.4 Å². The minimum atomic E-state index is 0.446. The summed E-state index contributed by atoms with van der Waals surface area (Å²) in [6, 6.07) is 17.3. The lowest BCUT2D eigenvalue weighted by Gasteiger charge is -2.21. The van der Waals surface area contributed by atoms with E-state index in [2.05, 4.69) is 82.4 Å². The second kappa shape index (κ2) is 8.24. The summed E-state index contributed by atoms with van der Waals surface area (Å²) in [5.74, 6) is 0.959. The van der Waals surface area contributed by atoms with Gasteiger partial charge in [-0.3, -0.25) is 0 Å². The summed E-state index contributed by atoms with van der Waals surface area (Å²) in [5, 5.41) is 11.4. The van der Waals surface area contributed by atoms with E-state index in [9.17, 15) is 0 Å². The molecule has 1 unspecified atom stereocenters. The van der Waals surface area contributed by atoms with Gasteiger partial charge in [0.1, 0.15) is 10.7 Å². The molecule has 5 rings (SSSR count). The molecule has 158 valence electrons. The Balaban J connectivity index is 1.31. The minimum absolute atomic E-state index is 0.446. The van der Waals surface area contributed by atoms with Crippen LogP contribution in [0.4, 0.5) is 5.69 Å². The van der Waals surface area contributed by atoms with E-state index >= 15 is 0 Å².